The maximum atomic E-state index is 12.7. The largest absolute Gasteiger partial charge is 0.510 e. The van der Waals surface area contributed by atoms with Crippen molar-refractivity contribution in [1.29, 1.82) is 0 Å². The van der Waals surface area contributed by atoms with E-state index in [0.29, 0.717) is 5.75 Å². The van der Waals surface area contributed by atoms with Gasteiger partial charge in [-0.1, -0.05) is 19.6 Å². The van der Waals surface area contributed by atoms with Crippen molar-refractivity contribution in [2.24, 2.45) is 10.2 Å². The average Bonchev–Trinajstić information content (AvgIpc) is 2.82. The van der Waals surface area contributed by atoms with Gasteiger partial charge in [-0.25, -0.2) is 9.59 Å². The van der Waals surface area contributed by atoms with Crippen molar-refractivity contribution in [3.8, 4) is 5.75 Å². The van der Waals surface area contributed by atoms with Gasteiger partial charge in [0, 0.05) is 0 Å². The van der Waals surface area contributed by atoms with Crippen molar-refractivity contribution >= 4 is 29.2 Å². The van der Waals surface area contributed by atoms with Gasteiger partial charge in [-0.3, -0.25) is 4.79 Å². The van der Waals surface area contributed by atoms with Crippen LogP contribution >= 0.6 is 0 Å². The van der Waals surface area contributed by atoms with Crippen LogP contribution in [0.5, 0.6) is 5.75 Å². The highest BCUT2D eigenvalue weighted by Crippen LogP contribution is 2.26. The van der Waals surface area contributed by atoms with Crippen LogP contribution in [0.4, 0.5) is 11.4 Å². The maximum absolute atomic E-state index is 12.7. The molecule has 0 saturated heterocycles. The van der Waals surface area contributed by atoms with Crippen LogP contribution in [0.2, 0.25) is 0 Å². The topological polar surface area (TPSA) is 156 Å². The number of nitrogens with one attached hydrogen (secondary N) is 1. The molecule has 0 fully saturated rings. The molecule has 2 rings (SSSR count). The van der Waals surface area contributed by atoms with E-state index in [0.717, 1.165) is 0 Å². The molecule has 11 nitrogen and oxygen atoms in total. The highest BCUT2D eigenvalue weighted by atomic mass is 16.5. The normalized spacial score (nSPS) is 11.2. The van der Waals surface area contributed by atoms with E-state index >= 15 is 0 Å². The summed E-state index contributed by atoms with van der Waals surface area (Å²) in [5, 5.41) is 29.1. The monoisotopic (exact) mass is 473 g/mol. The van der Waals surface area contributed by atoms with E-state index in [1.165, 1.54) is 39.3 Å². The SMILES string of the molecule is C.COC(=O)c1ccc(C(=O)OC)c(N=NC(C(=O)Nc2ccccc2OCCO)=C(C)O)c1. The second-order valence-corrected chi connectivity index (χ2v) is 6.37. The number of aliphatic hydroxyl groups excluding tert-OH is 2. The lowest BCUT2D eigenvalue weighted by molar-refractivity contribution is -0.113. The molecule has 0 aliphatic carbocycles. The number of anilines is 1. The number of ether oxygens (including phenoxy) is 3. The fourth-order valence-corrected chi connectivity index (χ4v) is 2.56. The first kappa shape index (κ1) is 27.8. The van der Waals surface area contributed by atoms with Gasteiger partial charge in [0.1, 0.15) is 23.8 Å². The third-order valence-electron chi connectivity index (χ3n) is 4.12. The molecule has 0 saturated carbocycles. The number of hydrogen-bond donors (Lipinski definition) is 3. The summed E-state index contributed by atoms with van der Waals surface area (Å²) >= 11 is 0. The van der Waals surface area contributed by atoms with Crippen LogP contribution in [-0.2, 0) is 14.3 Å². The zero-order valence-corrected chi connectivity index (χ0v) is 18.2. The smallest absolute Gasteiger partial charge is 0.340 e. The number of amides is 1. The Bertz CT molecular complexity index is 1090. The summed E-state index contributed by atoms with van der Waals surface area (Å²) < 4.78 is 14.7. The second kappa shape index (κ2) is 13.3. The third-order valence-corrected chi connectivity index (χ3v) is 4.12. The van der Waals surface area contributed by atoms with E-state index in [4.69, 9.17) is 14.6 Å². The molecular formula is C23H27N3O8. The number of rotatable bonds is 9. The molecule has 0 unspecified atom stereocenters. The summed E-state index contributed by atoms with van der Waals surface area (Å²) in [6, 6.07) is 10.4. The van der Waals surface area contributed by atoms with Crippen molar-refractivity contribution in [2.45, 2.75) is 14.4 Å². The number of hydrogen-bond acceptors (Lipinski definition) is 10. The fraction of sp³-hybridized carbons (Fsp3) is 0.261. The van der Waals surface area contributed by atoms with Crippen LogP contribution in [0, 0.1) is 0 Å². The molecule has 0 aromatic heterocycles. The first-order valence-electron chi connectivity index (χ1n) is 9.58. The van der Waals surface area contributed by atoms with Crippen LogP contribution in [0.25, 0.3) is 0 Å². The molecule has 2 aromatic carbocycles. The van der Waals surface area contributed by atoms with Crippen molar-refractivity contribution in [3.63, 3.8) is 0 Å². The molecule has 2 aromatic rings. The first-order chi connectivity index (χ1) is 15.8. The zero-order chi connectivity index (χ0) is 24.4. The van der Waals surface area contributed by atoms with Gasteiger partial charge in [0.05, 0.1) is 37.6 Å². The average molecular weight is 473 g/mol. The molecule has 0 aliphatic rings. The molecule has 3 N–H and O–H groups in total. The van der Waals surface area contributed by atoms with Gasteiger partial charge in [0.15, 0.2) is 5.70 Å². The Morgan fingerprint density at radius 3 is 2.32 bits per heavy atom. The second-order valence-electron chi connectivity index (χ2n) is 6.37. The molecule has 0 radical (unpaired) electrons. The van der Waals surface area contributed by atoms with Crippen LogP contribution in [0.3, 0.4) is 0 Å². The van der Waals surface area contributed by atoms with Gasteiger partial charge in [-0.15, -0.1) is 10.2 Å². The number of nitrogens with zero attached hydrogens (tertiary/aromatic N) is 2. The number of azo groups is 1. The third kappa shape index (κ3) is 7.14. The number of methoxy groups -OCH3 is 2. The summed E-state index contributed by atoms with van der Waals surface area (Å²) in [6.45, 7) is 1.03. The number of aliphatic hydroxyl groups is 2. The van der Waals surface area contributed by atoms with Crippen molar-refractivity contribution in [2.75, 3.05) is 32.8 Å². The van der Waals surface area contributed by atoms with E-state index in [2.05, 4.69) is 20.3 Å². The van der Waals surface area contributed by atoms with Gasteiger partial charge in [-0.2, -0.15) is 0 Å². The lowest BCUT2D eigenvalue weighted by Crippen LogP contribution is -2.16. The lowest BCUT2D eigenvalue weighted by atomic mass is 10.1. The lowest BCUT2D eigenvalue weighted by Gasteiger charge is -2.12. The van der Waals surface area contributed by atoms with Crippen molar-refractivity contribution in [3.05, 3.63) is 65.0 Å². The Hall–Kier alpha value is -4.25. The quantitative estimate of drug-likeness (QED) is 0.215. The highest BCUT2D eigenvalue weighted by molar-refractivity contribution is 6.04. The van der Waals surface area contributed by atoms with E-state index < -0.39 is 29.3 Å². The number of carbonyl (C=O) groups excluding carboxylic acids is 3. The van der Waals surface area contributed by atoms with Gasteiger partial charge >= 0.3 is 11.9 Å². The molecule has 34 heavy (non-hydrogen) atoms. The summed E-state index contributed by atoms with van der Waals surface area (Å²) in [5.74, 6) is -2.39. The Kier molecular flexibility index (Phi) is 10.9. The number of esters is 2. The van der Waals surface area contributed by atoms with E-state index in [-0.39, 0.29) is 43.1 Å². The first-order valence-corrected chi connectivity index (χ1v) is 9.58. The number of para-hydroxylation sites is 2. The minimum Gasteiger partial charge on any atom is -0.510 e. The molecule has 1 amide bonds. The van der Waals surface area contributed by atoms with E-state index in [1.54, 1.807) is 24.3 Å². The Morgan fingerprint density at radius 1 is 1.03 bits per heavy atom. The molecule has 0 aliphatic heterocycles. The van der Waals surface area contributed by atoms with Crippen LogP contribution in [0.15, 0.2) is 64.1 Å². The fourth-order valence-electron chi connectivity index (χ4n) is 2.56. The molecule has 0 heterocycles. The Morgan fingerprint density at radius 2 is 1.71 bits per heavy atom. The minimum atomic E-state index is -0.817. The molecular weight excluding hydrogens is 446 g/mol. The van der Waals surface area contributed by atoms with Gasteiger partial charge < -0.3 is 29.7 Å². The molecule has 182 valence electrons. The molecule has 11 heteroatoms. The Labute approximate surface area is 196 Å². The standard InChI is InChI=1S/C22H23N3O8.CH4/c1-13(27)19(20(28)23-16-6-4-5-7-18(16)33-11-10-26)25-24-17-12-14(21(29)31-2)8-9-15(17)22(30)32-3;/h4-9,12,26-27H,10-11H2,1-3H3,(H,23,28);1H4. The molecule has 0 bridgehead atoms. The zero-order valence-electron chi connectivity index (χ0n) is 18.2. The summed E-state index contributed by atoms with van der Waals surface area (Å²) in [4.78, 5) is 36.6. The molecule has 0 atom stereocenters. The minimum absolute atomic E-state index is 0. The summed E-state index contributed by atoms with van der Waals surface area (Å²) in [7, 11) is 2.37. The van der Waals surface area contributed by atoms with Gasteiger partial charge in [-0.05, 0) is 37.3 Å². The highest BCUT2D eigenvalue weighted by Gasteiger charge is 2.18. The maximum Gasteiger partial charge on any atom is 0.340 e. The predicted octanol–water partition coefficient (Wildman–Crippen LogP) is 3.78. The van der Waals surface area contributed by atoms with E-state index in [1.807, 2.05) is 0 Å². The number of benzene rings is 2. The Balaban J connectivity index is 0.00000578. The van der Waals surface area contributed by atoms with Crippen molar-refractivity contribution in [1.82, 2.24) is 0 Å². The van der Waals surface area contributed by atoms with Crippen LogP contribution in [-0.4, -0.2) is 55.5 Å². The predicted molar refractivity (Wildman–Crippen MR) is 123 cm³/mol. The van der Waals surface area contributed by atoms with Gasteiger partial charge in [0.25, 0.3) is 5.91 Å². The van der Waals surface area contributed by atoms with Gasteiger partial charge in [0.2, 0.25) is 0 Å². The summed E-state index contributed by atoms with van der Waals surface area (Å²) in [5.41, 5.74) is -0.196. The number of allylic oxidation sites excluding steroid dienone is 1. The summed E-state index contributed by atoms with van der Waals surface area (Å²) in [6.07, 6.45) is 0. The van der Waals surface area contributed by atoms with Crippen LogP contribution in [0.1, 0.15) is 35.1 Å². The molecule has 0 spiro atoms. The van der Waals surface area contributed by atoms with E-state index in [9.17, 15) is 19.5 Å². The van der Waals surface area contributed by atoms with Crippen LogP contribution < -0.4 is 10.1 Å². The number of carbonyl (C=O) groups is 3. The van der Waals surface area contributed by atoms with Crippen molar-refractivity contribution < 1.29 is 38.8 Å².